The second-order valence-electron chi connectivity index (χ2n) is 8.56. The maximum atomic E-state index is 12.8. The second-order valence-corrected chi connectivity index (χ2v) is 8.56. The lowest BCUT2D eigenvalue weighted by Crippen LogP contribution is -2.28. The van der Waals surface area contributed by atoms with Crippen LogP contribution in [0.15, 0.2) is 30.7 Å². The molecule has 192 valence electrons. The molecule has 0 bridgehead atoms. The Morgan fingerprint density at radius 3 is 2.25 bits per heavy atom. The van der Waals surface area contributed by atoms with Crippen LogP contribution in [0.3, 0.4) is 0 Å². The maximum absolute atomic E-state index is 12.8. The van der Waals surface area contributed by atoms with Gasteiger partial charge < -0.3 is 34.6 Å². The van der Waals surface area contributed by atoms with Crippen molar-refractivity contribution in [2.75, 3.05) is 37.8 Å². The Bertz CT molecular complexity index is 1300. The number of anilines is 2. The number of carbonyl (C=O) groups excluding carboxylic acids is 3. The minimum atomic E-state index is -0.611. The molecule has 0 radical (unpaired) electrons. The quantitative estimate of drug-likeness (QED) is 0.214. The molecule has 14 nitrogen and oxygen atoms in total. The number of rotatable bonds is 10. The summed E-state index contributed by atoms with van der Waals surface area (Å²) in [7, 11) is 8.72. The van der Waals surface area contributed by atoms with Gasteiger partial charge in [-0.05, 0) is 33.1 Å². The molecule has 0 aliphatic rings. The molecule has 3 aromatic rings. The predicted molar refractivity (Wildman–Crippen MR) is 132 cm³/mol. The average Bonchev–Trinajstić information content (AvgIpc) is 3.47. The van der Waals surface area contributed by atoms with Crippen LogP contribution in [-0.4, -0.2) is 73.4 Å². The van der Waals surface area contributed by atoms with E-state index in [1.54, 1.807) is 30.9 Å². The lowest BCUT2D eigenvalue weighted by Gasteiger charge is -2.10. The fourth-order valence-electron chi connectivity index (χ4n) is 3.52. The van der Waals surface area contributed by atoms with E-state index in [-0.39, 0.29) is 28.9 Å². The Labute approximate surface area is 207 Å². The third kappa shape index (κ3) is 6.15. The molecule has 3 rings (SSSR count). The van der Waals surface area contributed by atoms with Gasteiger partial charge in [0.25, 0.3) is 23.4 Å². The first-order chi connectivity index (χ1) is 17.0. The van der Waals surface area contributed by atoms with Crippen LogP contribution in [0.25, 0.3) is 0 Å². The van der Waals surface area contributed by atoms with Gasteiger partial charge in [0.1, 0.15) is 11.4 Å². The Hall–Kier alpha value is -4.46. The maximum Gasteiger partial charge on any atom is 0.291 e. The number of nitro groups is 1. The van der Waals surface area contributed by atoms with Gasteiger partial charge in [-0.15, -0.1) is 0 Å². The zero-order valence-corrected chi connectivity index (χ0v) is 20.7. The summed E-state index contributed by atoms with van der Waals surface area (Å²) in [4.78, 5) is 54.3. The Morgan fingerprint density at radius 1 is 0.944 bits per heavy atom. The standard InChI is InChI=1S/C22H29N9O5/c1-27(2)8-6-7-23-20(32)16-9-14(11-28(16)3)24-22(34)19-25-18(13-30(19)5)26-21(33)17-10-15(31(35)36)12-29(17)4/h9-13H,6-8H2,1-5H3,(H,23,32)(H,24,34)(H,26,33). The van der Waals surface area contributed by atoms with E-state index < -0.39 is 16.7 Å². The normalized spacial score (nSPS) is 10.9. The number of aromatic nitrogens is 4. The molecule has 0 fully saturated rings. The summed E-state index contributed by atoms with van der Waals surface area (Å²) < 4.78 is 4.37. The van der Waals surface area contributed by atoms with Crippen LogP contribution >= 0.6 is 0 Å². The molecule has 0 aromatic carbocycles. The number of imidazole rings is 1. The van der Waals surface area contributed by atoms with Crippen LogP contribution in [0.2, 0.25) is 0 Å². The third-order valence-electron chi connectivity index (χ3n) is 5.32. The molecule has 3 N–H and O–H groups in total. The van der Waals surface area contributed by atoms with E-state index in [2.05, 4.69) is 20.9 Å². The fourth-order valence-corrected chi connectivity index (χ4v) is 3.52. The van der Waals surface area contributed by atoms with Gasteiger partial charge in [-0.3, -0.25) is 24.5 Å². The molecular weight excluding hydrogens is 470 g/mol. The Kier molecular flexibility index (Phi) is 7.89. The molecule has 3 heterocycles. The van der Waals surface area contributed by atoms with Gasteiger partial charge in [-0.2, -0.15) is 0 Å². The van der Waals surface area contributed by atoms with E-state index in [0.717, 1.165) is 19.0 Å². The Morgan fingerprint density at radius 2 is 1.61 bits per heavy atom. The van der Waals surface area contributed by atoms with Crippen molar-refractivity contribution < 1.29 is 19.3 Å². The number of nitrogens with one attached hydrogen (secondary N) is 3. The molecule has 0 atom stereocenters. The van der Waals surface area contributed by atoms with Crippen LogP contribution in [0.4, 0.5) is 17.2 Å². The van der Waals surface area contributed by atoms with E-state index in [9.17, 15) is 24.5 Å². The molecule has 3 aromatic heterocycles. The van der Waals surface area contributed by atoms with E-state index in [4.69, 9.17) is 0 Å². The van der Waals surface area contributed by atoms with Gasteiger partial charge in [-0.1, -0.05) is 0 Å². The summed E-state index contributed by atoms with van der Waals surface area (Å²) in [5.74, 6) is -1.29. The summed E-state index contributed by atoms with van der Waals surface area (Å²) >= 11 is 0. The zero-order chi connectivity index (χ0) is 26.6. The van der Waals surface area contributed by atoms with Gasteiger partial charge in [0.2, 0.25) is 5.82 Å². The fraction of sp³-hybridized carbons (Fsp3) is 0.364. The smallest absolute Gasteiger partial charge is 0.291 e. The second kappa shape index (κ2) is 10.9. The summed E-state index contributed by atoms with van der Waals surface area (Å²) in [5, 5.41) is 19.0. The van der Waals surface area contributed by atoms with Crippen LogP contribution in [0.1, 0.15) is 38.0 Å². The zero-order valence-electron chi connectivity index (χ0n) is 20.7. The molecule has 0 aliphatic heterocycles. The molecule has 0 aliphatic carbocycles. The van der Waals surface area contributed by atoms with Crippen LogP contribution < -0.4 is 16.0 Å². The lowest BCUT2D eigenvalue weighted by molar-refractivity contribution is -0.384. The van der Waals surface area contributed by atoms with E-state index >= 15 is 0 Å². The van der Waals surface area contributed by atoms with Gasteiger partial charge in [0.05, 0.1) is 16.8 Å². The number of carbonyl (C=O) groups is 3. The van der Waals surface area contributed by atoms with E-state index in [0.29, 0.717) is 17.9 Å². The molecule has 0 spiro atoms. The molecule has 0 saturated carbocycles. The average molecular weight is 500 g/mol. The summed E-state index contributed by atoms with van der Waals surface area (Å²) in [6, 6.07) is 2.71. The molecule has 0 unspecified atom stereocenters. The van der Waals surface area contributed by atoms with Gasteiger partial charge in [-0.25, -0.2) is 4.98 Å². The highest BCUT2D eigenvalue weighted by Crippen LogP contribution is 2.18. The van der Waals surface area contributed by atoms with Crippen molar-refractivity contribution in [2.45, 2.75) is 6.42 Å². The molecule has 0 saturated heterocycles. The first-order valence-corrected chi connectivity index (χ1v) is 11.0. The Balaban J connectivity index is 1.64. The van der Waals surface area contributed by atoms with Crippen LogP contribution in [0.5, 0.6) is 0 Å². The van der Waals surface area contributed by atoms with Gasteiger partial charge >= 0.3 is 0 Å². The van der Waals surface area contributed by atoms with Crippen molar-refractivity contribution in [2.24, 2.45) is 21.1 Å². The third-order valence-corrected chi connectivity index (χ3v) is 5.32. The van der Waals surface area contributed by atoms with Crippen LogP contribution in [0, 0.1) is 10.1 Å². The van der Waals surface area contributed by atoms with Crippen molar-refractivity contribution in [3.8, 4) is 0 Å². The van der Waals surface area contributed by atoms with Crippen molar-refractivity contribution in [1.29, 1.82) is 0 Å². The van der Waals surface area contributed by atoms with Crippen LogP contribution in [-0.2, 0) is 21.1 Å². The van der Waals surface area contributed by atoms with Crippen molar-refractivity contribution in [3.05, 3.63) is 58.0 Å². The highest BCUT2D eigenvalue weighted by atomic mass is 16.6. The largest absolute Gasteiger partial charge is 0.351 e. The number of aryl methyl sites for hydroxylation is 3. The van der Waals surface area contributed by atoms with E-state index in [1.165, 1.54) is 28.6 Å². The summed E-state index contributed by atoms with van der Waals surface area (Å²) in [5.41, 5.74) is 0.647. The molecule has 14 heteroatoms. The van der Waals surface area contributed by atoms with Crippen molar-refractivity contribution in [1.82, 2.24) is 28.9 Å². The topological polar surface area (TPSA) is 161 Å². The molecule has 3 amide bonds. The highest BCUT2D eigenvalue weighted by Gasteiger charge is 2.21. The first kappa shape index (κ1) is 26.2. The number of hydrogen-bond acceptors (Lipinski definition) is 7. The minimum absolute atomic E-state index is 0.0155. The highest BCUT2D eigenvalue weighted by molar-refractivity contribution is 6.05. The molecule has 36 heavy (non-hydrogen) atoms. The molecular formula is C22H29N9O5. The number of nitrogens with zero attached hydrogens (tertiary/aromatic N) is 6. The lowest BCUT2D eigenvalue weighted by atomic mass is 10.3. The number of hydrogen-bond donors (Lipinski definition) is 3. The number of amides is 3. The van der Waals surface area contributed by atoms with Gasteiger partial charge in [0, 0.05) is 46.1 Å². The minimum Gasteiger partial charge on any atom is -0.351 e. The van der Waals surface area contributed by atoms with Crippen molar-refractivity contribution >= 4 is 34.9 Å². The summed E-state index contributed by atoms with van der Waals surface area (Å²) in [6.07, 6.45) is 5.10. The monoisotopic (exact) mass is 499 g/mol. The van der Waals surface area contributed by atoms with E-state index in [1.807, 2.05) is 19.0 Å². The summed E-state index contributed by atoms with van der Waals surface area (Å²) in [6.45, 7) is 1.38. The SMILES string of the molecule is CN(C)CCCNC(=O)c1cc(NC(=O)c2nc(NC(=O)c3cc([N+](=O)[O-])cn3C)cn2C)cn1C. The van der Waals surface area contributed by atoms with Gasteiger partial charge in [0.15, 0.2) is 5.82 Å². The van der Waals surface area contributed by atoms with Crippen molar-refractivity contribution in [3.63, 3.8) is 0 Å². The first-order valence-electron chi connectivity index (χ1n) is 11.0. The predicted octanol–water partition coefficient (Wildman–Crippen LogP) is 1.19.